The van der Waals surface area contributed by atoms with E-state index in [0.29, 0.717) is 38.5 Å². The van der Waals surface area contributed by atoms with Crippen LogP contribution in [0.5, 0.6) is 5.75 Å². The third-order valence-corrected chi connectivity index (χ3v) is 5.21. The first-order chi connectivity index (χ1) is 15.0. The average Bonchev–Trinajstić information content (AvgIpc) is 2.82. The van der Waals surface area contributed by atoms with Gasteiger partial charge in [-0.1, -0.05) is 30.3 Å². The van der Waals surface area contributed by atoms with Crippen molar-refractivity contribution < 1.29 is 24.5 Å². The van der Waals surface area contributed by atoms with Crippen molar-refractivity contribution in [2.24, 2.45) is 0 Å². The van der Waals surface area contributed by atoms with Gasteiger partial charge in [0.25, 0.3) is 11.8 Å². The summed E-state index contributed by atoms with van der Waals surface area (Å²) in [7, 11) is 0. The number of benzene rings is 2. The summed E-state index contributed by atoms with van der Waals surface area (Å²) in [5.74, 6) is -0.765. The number of anilines is 1. The van der Waals surface area contributed by atoms with Gasteiger partial charge < -0.3 is 30.1 Å². The summed E-state index contributed by atoms with van der Waals surface area (Å²) in [6.07, 6.45) is -3.65. The molecule has 0 saturated carbocycles. The Morgan fingerprint density at radius 2 is 1.71 bits per heavy atom. The van der Waals surface area contributed by atoms with Crippen LogP contribution in [0.2, 0.25) is 0 Å². The van der Waals surface area contributed by atoms with E-state index < -0.39 is 24.0 Å². The standard InChI is InChI=1S/C23H29N3O5/c1-2-31-19-10-6-7-17(15-19)16-24-22(29)20(27)21(28)23(30)26-13-11-25(12-14-26)18-8-4-3-5-9-18/h3-10,15,20-21,27-28H,2,11-14,16H2,1H3,(H,24,29)/t20-,21-/m1/s1. The van der Waals surface area contributed by atoms with E-state index in [1.807, 2.05) is 49.4 Å². The van der Waals surface area contributed by atoms with E-state index in [1.54, 1.807) is 12.1 Å². The summed E-state index contributed by atoms with van der Waals surface area (Å²) < 4.78 is 5.42. The number of carbonyl (C=O) groups excluding carboxylic acids is 2. The minimum absolute atomic E-state index is 0.146. The molecule has 8 heteroatoms. The van der Waals surface area contributed by atoms with Crippen LogP contribution in [0.1, 0.15) is 12.5 Å². The van der Waals surface area contributed by atoms with Crippen molar-refractivity contribution in [1.82, 2.24) is 10.2 Å². The lowest BCUT2D eigenvalue weighted by Gasteiger charge is -2.37. The molecule has 0 aromatic heterocycles. The number of ether oxygens (including phenoxy) is 1. The van der Waals surface area contributed by atoms with Gasteiger partial charge in [0.15, 0.2) is 12.2 Å². The van der Waals surface area contributed by atoms with Crippen molar-refractivity contribution in [3.05, 3.63) is 60.2 Å². The monoisotopic (exact) mass is 427 g/mol. The Kier molecular flexibility index (Phi) is 7.86. The van der Waals surface area contributed by atoms with Crippen LogP contribution in [0.3, 0.4) is 0 Å². The number of piperazine rings is 1. The number of nitrogens with zero attached hydrogens (tertiary/aromatic N) is 2. The molecule has 31 heavy (non-hydrogen) atoms. The molecule has 2 atom stereocenters. The normalized spacial score (nSPS) is 15.8. The van der Waals surface area contributed by atoms with E-state index in [0.717, 1.165) is 11.3 Å². The highest BCUT2D eigenvalue weighted by Gasteiger charge is 2.34. The SMILES string of the molecule is CCOc1cccc(CNC(=O)[C@H](O)[C@@H](O)C(=O)N2CCN(c3ccccc3)CC2)c1. The molecule has 1 aliphatic rings. The Morgan fingerprint density at radius 3 is 2.39 bits per heavy atom. The van der Waals surface area contributed by atoms with Crippen LogP contribution in [0.4, 0.5) is 5.69 Å². The zero-order chi connectivity index (χ0) is 22.2. The Balaban J connectivity index is 1.48. The maximum absolute atomic E-state index is 12.6. The lowest BCUT2D eigenvalue weighted by Crippen LogP contribution is -2.55. The highest BCUT2D eigenvalue weighted by molar-refractivity contribution is 5.90. The molecule has 2 amide bonds. The van der Waals surface area contributed by atoms with Gasteiger partial charge in [0.2, 0.25) is 0 Å². The van der Waals surface area contributed by atoms with Gasteiger partial charge in [-0.25, -0.2) is 0 Å². The number of para-hydroxylation sites is 1. The molecular formula is C23H29N3O5. The second kappa shape index (κ2) is 10.8. The van der Waals surface area contributed by atoms with Gasteiger partial charge in [-0.3, -0.25) is 9.59 Å². The van der Waals surface area contributed by atoms with Gasteiger partial charge in [0.05, 0.1) is 6.61 Å². The average molecular weight is 428 g/mol. The summed E-state index contributed by atoms with van der Waals surface area (Å²) in [5, 5.41) is 23.0. The highest BCUT2D eigenvalue weighted by atomic mass is 16.5. The van der Waals surface area contributed by atoms with Gasteiger partial charge in [-0.2, -0.15) is 0 Å². The number of carbonyl (C=O) groups is 2. The van der Waals surface area contributed by atoms with E-state index in [2.05, 4.69) is 10.2 Å². The van der Waals surface area contributed by atoms with Crippen molar-refractivity contribution in [1.29, 1.82) is 0 Å². The number of hydrogen-bond donors (Lipinski definition) is 3. The molecule has 1 heterocycles. The van der Waals surface area contributed by atoms with Crippen LogP contribution >= 0.6 is 0 Å². The third-order valence-electron chi connectivity index (χ3n) is 5.21. The van der Waals surface area contributed by atoms with Crippen LogP contribution in [0.25, 0.3) is 0 Å². The van der Waals surface area contributed by atoms with E-state index in [-0.39, 0.29) is 6.54 Å². The van der Waals surface area contributed by atoms with Gasteiger partial charge in [-0.15, -0.1) is 0 Å². The van der Waals surface area contributed by atoms with Crippen molar-refractivity contribution in [3.63, 3.8) is 0 Å². The van der Waals surface area contributed by atoms with Crippen molar-refractivity contribution in [2.75, 3.05) is 37.7 Å². The molecule has 8 nitrogen and oxygen atoms in total. The zero-order valence-corrected chi connectivity index (χ0v) is 17.6. The molecule has 0 unspecified atom stereocenters. The Labute approximate surface area is 182 Å². The van der Waals surface area contributed by atoms with E-state index in [9.17, 15) is 19.8 Å². The van der Waals surface area contributed by atoms with Crippen molar-refractivity contribution in [2.45, 2.75) is 25.7 Å². The smallest absolute Gasteiger partial charge is 0.254 e. The topological polar surface area (TPSA) is 102 Å². The molecule has 1 saturated heterocycles. The Bertz CT molecular complexity index is 869. The molecule has 0 aliphatic carbocycles. The van der Waals surface area contributed by atoms with Crippen molar-refractivity contribution >= 4 is 17.5 Å². The predicted molar refractivity (Wildman–Crippen MR) is 117 cm³/mol. The van der Waals surface area contributed by atoms with Crippen LogP contribution in [-0.2, 0) is 16.1 Å². The van der Waals surface area contributed by atoms with Crippen molar-refractivity contribution in [3.8, 4) is 5.75 Å². The number of rotatable bonds is 8. The van der Waals surface area contributed by atoms with Crippen LogP contribution in [0.15, 0.2) is 54.6 Å². The first-order valence-corrected chi connectivity index (χ1v) is 10.4. The van der Waals surface area contributed by atoms with Gasteiger partial charge >= 0.3 is 0 Å². The lowest BCUT2D eigenvalue weighted by molar-refractivity contribution is -0.153. The molecule has 0 spiro atoms. The van der Waals surface area contributed by atoms with E-state index in [4.69, 9.17) is 4.74 Å². The van der Waals surface area contributed by atoms with Crippen LogP contribution in [0, 0.1) is 0 Å². The minimum Gasteiger partial charge on any atom is -0.494 e. The number of amides is 2. The maximum Gasteiger partial charge on any atom is 0.254 e. The number of aliphatic hydroxyl groups excluding tert-OH is 2. The number of hydrogen-bond acceptors (Lipinski definition) is 6. The number of aliphatic hydroxyl groups is 2. The van der Waals surface area contributed by atoms with E-state index >= 15 is 0 Å². The molecule has 2 aromatic carbocycles. The molecular weight excluding hydrogens is 398 g/mol. The molecule has 1 aliphatic heterocycles. The first-order valence-electron chi connectivity index (χ1n) is 10.4. The molecule has 0 radical (unpaired) electrons. The Morgan fingerprint density at radius 1 is 1.00 bits per heavy atom. The maximum atomic E-state index is 12.6. The minimum atomic E-state index is -1.84. The Hall–Kier alpha value is -3.10. The zero-order valence-electron chi connectivity index (χ0n) is 17.6. The second-order valence-corrected chi connectivity index (χ2v) is 7.34. The van der Waals surface area contributed by atoms with Crippen LogP contribution < -0.4 is 15.0 Å². The number of nitrogens with one attached hydrogen (secondary N) is 1. The second-order valence-electron chi connectivity index (χ2n) is 7.34. The van der Waals surface area contributed by atoms with Gasteiger partial charge in [-0.05, 0) is 36.8 Å². The molecule has 1 fully saturated rings. The summed E-state index contributed by atoms with van der Waals surface area (Å²) in [5.41, 5.74) is 1.85. The molecule has 166 valence electrons. The summed E-state index contributed by atoms with van der Waals surface area (Å²) in [6, 6.07) is 17.1. The highest BCUT2D eigenvalue weighted by Crippen LogP contribution is 2.16. The third kappa shape index (κ3) is 5.96. The lowest BCUT2D eigenvalue weighted by atomic mass is 10.1. The summed E-state index contributed by atoms with van der Waals surface area (Å²) in [6.45, 7) is 4.59. The first kappa shape index (κ1) is 22.6. The summed E-state index contributed by atoms with van der Waals surface area (Å²) in [4.78, 5) is 28.5. The quantitative estimate of drug-likeness (QED) is 0.575. The fourth-order valence-corrected chi connectivity index (χ4v) is 3.49. The fraction of sp³-hybridized carbons (Fsp3) is 0.391. The largest absolute Gasteiger partial charge is 0.494 e. The van der Waals surface area contributed by atoms with Crippen LogP contribution in [-0.4, -0.2) is 71.9 Å². The van der Waals surface area contributed by atoms with Gasteiger partial charge in [0.1, 0.15) is 5.75 Å². The molecule has 3 rings (SSSR count). The molecule has 0 bridgehead atoms. The summed E-state index contributed by atoms with van der Waals surface area (Å²) >= 11 is 0. The molecule has 2 aromatic rings. The fourth-order valence-electron chi connectivity index (χ4n) is 3.49. The van der Waals surface area contributed by atoms with Gasteiger partial charge in [0, 0.05) is 38.4 Å². The predicted octanol–water partition coefficient (Wildman–Crippen LogP) is 0.772. The van der Waals surface area contributed by atoms with E-state index in [1.165, 1.54) is 4.90 Å². The molecule has 3 N–H and O–H groups in total.